The van der Waals surface area contributed by atoms with Gasteiger partial charge in [-0.2, -0.15) is 13.2 Å². The maximum atomic E-state index is 13.0. The fourth-order valence-electron chi connectivity index (χ4n) is 2.12. The molecule has 2 aromatic rings. The second-order valence-corrected chi connectivity index (χ2v) is 6.15. The summed E-state index contributed by atoms with van der Waals surface area (Å²) in [5.41, 5.74) is 0.485. The third-order valence-corrected chi connectivity index (χ3v) is 3.71. The van der Waals surface area contributed by atoms with Gasteiger partial charge in [-0.15, -0.1) is 0 Å². The molecule has 4 nitrogen and oxygen atoms in total. The number of halogens is 4. The predicted molar refractivity (Wildman–Crippen MR) is 96.1 cm³/mol. The second kappa shape index (κ2) is 7.86. The lowest BCUT2D eigenvalue weighted by Crippen LogP contribution is -2.07. The van der Waals surface area contributed by atoms with Crippen molar-refractivity contribution < 1.29 is 22.6 Å². The van der Waals surface area contributed by atoms with Gasteiger partial charge in [-0.1, -0.05) is 11.6 Å². The molecule has 0 aromatic heterocycles. The van der Waals surface area contributed by atoms with Crippen molar-refractivity contribution in [1.82, 2.24) is 4.90 Å². The SMILES string of the molecule is COc1cc(N=CN(C)C)c(C)cc1Oc1ccc(Cl)c(C(F)(F)F)c1. The maximum Gasteiger partial charge on any atom is 0.417 e. The molecule has 0 spiro atoms. The molecule has 2 rings (SSSR count). The number of rotatable bonds is 5. The molecule has 2 aromatic carbocycles. The number of methoxy groups -OCH3 is 1. The molecule has 140 valence electrons. The summed E-state index contributed by atoms with van der Waals surface area (Å²) >= 11 is 5.63. The Morgan fingerprint density at radius 3 is 2.38 bits per heavy atom. The van der Waals surface area contributed by atoms with Gasteiger partial charge < -0.3 is 14.4 Å². The van der Waals surface area contributed by atoms with E-state index < -0.39 is 11.7 Å². The minimum Gasteiger partial charge on any atom is -0.493 e. The fourth-order valence-corrected chi connectivity index (χ4v) is 2.34. The van der Waals surface area contributed by atoms with Gasteiger partial charge in [-0.3, -0.25) is 0 Å². The number of aryl methyl sites for hydroxylation is 1. The van der Waals surface area contributed by atoms with Crippen LogP contribution >= 0.6 is 11.6 Å². The first-order valence-corrected chi connectivity index (χ1v) is 7.93. The quantitative estimate of drug-likeness (QED) is 0.489. The number of benzene rings is 2. The largest absolute Gasteiger partial charge is 0.493 e. The van der Waals surface area contributed by atoms with E-state index >= 15 is 0 Å². The third kappa shape index (κ3) is 4.82. The van der Waals surface area contributed by atoms with Crippen molar-refractivity contribution in [3.63, 3.8) is 0 Å². The highest BCUT2D eigenvalue weighted by Gasteiger charge is 2.33. The molecule has 0 N–H and O–H groups in total. The summed E-state index contributed by atoms with van der Waals surface area (Å²) in [6.07, 6.45) is -2.93. The van der Waals surface area contributed by atoms with Crippen LogP contribution in [-0.4, -0.2) is 32.4 Å². The van der Waals surface area contributed by atoms with Crippen LogP contribution in [0.25, 0.3) is 0 Å². The zero-order valence-corrected chi connectivity index (χ0v) is 15.4. The van der Waals surface area contributed by atoms with E-state index in [0.717, 1.165) is 17.7 Å². The van der Waals surface area contributed by atoms with Gasteiger partial charge in [-0.05, 0) is 36.8 Å². The lowest BCUT2D eigenvalue weighted by molar-refractivity contribution is -0.137. The normalized spacial score (nSPS) is 11.7. The van der Waals surface area contributed by atoms with E-state index in [1.165, 1.54) is 13.2 Å². The van der Waals surface area contributed by atoms with Crippen LogP contribution in [0.3, 0.4) is 0 Å². The topological polar surface area (TPSA) is 34.1 Å². The average molecular weight is 387 g/mol. The van der Waals surface area contributed by atoms with Gasteiger partial charge in [0.1, 0.15) is 5.75 Å². The fraction of sp³-hybridized carbons (Fsp3) is 0.278. The van der Waals surface area contributed by atoms with E-state index in [1.807, 2.05) is 21.0 Å². The van der Waals surface area contributed by atoms with Gasteiger partial charge in [0.05, 0.1) is 29.7 Å². The number of nitrogens with zero attached hydrogens (tertiary/aromatic N) is 2. The van der Waals surface area contributed by atoms with Gasteiger partial charge >= 0.3 is 6.18 Å². The van der Waals surface area contributed by atoms with E-state index in [-0.39, 0.29) is 16.5 Å². The zero-order chi connectivity index (χ0) is 19.5. The highest BCUT2D eigenvalue weighted by atomic mass is 35.5. The molecular weight excluding hydrogens is 369 g/mol. The van der Waals surface area contributed by atoms with Crippen molar-refractivity contribution in [2.75, 3.05) is 21.2 Å². The molecule has 0 amide bonds. The van der Waals surface area contributed by atoms with E-state index in [0.29, 0.717) is 11.4 Å². The average Bonchev–Trinajstić information content (AvgIpc) is 2.54. The van der Waals surface area contributed by atoms with Gasteiger partial charge in [0, 0.05) is 20.2 Å². The summed E-state index contributed by atoms with van der Waals surface area (Å²) in [5, 5.41) is -0.388. The monoisotopic (exact) mass is 386 g/mol. The van der Waals surface area contributed by atoms with E-state index in [4.69, 9.17) is 21.1 Å². The standard InChI is InChI=1S/C18H18ClF3N2O2/c1-11-7-17(16(25-4)9-15(11)23-10-24(2)3)26-12-5-6-14(19)13(8-12)18(20,21)22/h5-10H,1-4H3. The Bertz CT molecular complexity index is 821. The van der Waals surface area contributed by atoms with Crippen molar-refractivity contribution >= 4 is 23.6 Å². The Hall–Kier alpha value is -2.41. The molecule has 0 bridgehead atoms. The number of aliphatic imine (C=N–C) groups is 1. The van der Waals surface area contributed by atoms with E-state index in [9.17, 15) is 13.2 Å². The van der Waals surface area contributed by atoms with Crippen LogP contribution in [0, 0.1) is 6.92 Å². The Balaban J connectivity index is 2.39. The van der Waals surface area contributed by atoms with Gasteiger partial charge in [0.25, 0.3) is 0 Å². The molecule has 0 saturated carbocycles. The Morgan fingerprint density at radius 1 is 1.12 bits per heavy atom. The van der Waals surface area contributed by atoms with Crippen LogP contribution in [-0.2, 0) is 6.18 Å². The van der Waals surface area contributed by atoms with Gasteiger partial charge in [-0.25, -0.2) is 4.99 Å². The van der Waals surface area contributed by atoms with Crippen LogP contribution < -0.4 is 9.47 Å². The van der Waals surface area contributed by atoms with Gasteiger partial charge in [0.15, 0.2) is 11.5 Å². The van der Waals surface area contributed by atoms with Crippen molar-refractivity contribution in [1.29, 1.82) is 0 Å². The summed E-state index contributed by atoms with van der Waals surface area (Å²) < 4.78 is 49.9. The molecule has 0 fully saturated rings. The molecule has 26 heavy (non-hydrogen) atoms. The summed E-state index contributed by atoms with van der Waals surface area (Å²) in [4.78, 5) is 6.10. The Morgan fingerprint density at radius 2 is 1.81 bits per heavy atom. The zero-order valence-electron chi connectivity index (χ0n) is 14.7. The van der Waals surface area contributed by atoms with Crippen LogP contribution in [0.5, 0.6) is 17.2 Å². The summed E-state index contributed by atoms with van der Waals surface area (Å²) in [5.74, 6) is 0.637. The minimum absolute atomic E-state index is 0.00367. The molecule has 0 radical (unpaired) electrons. The summed E-state index contributed by atoms with van der Waals surface area (Å²) in [7, 11) is 5.12. The van der Waals surface area contributed by atoms with Crippen LogP contribution in [0.1, 0.15) is 11.1 Å². The lowest BCUT2D eigenvalue weighted by atomic mass is 10.1. The molecule has 0 unspecified atom stereocenters. The highest BCUT2D eigenvalue weighted by molar-refractivity contribution is 6.31. The number of ether oxygens (including phenoxy) is 2. The molecule has 0 aliphatic rings. The third-order valence-electron chi connectivity index (χ3n) is 3.38. The highest BCUT2D eigenvalue weighted by Crippen LogP contribution is 2.40. The van der Waals surface area contributed by atoms with Crippen molar-refractivity contribution in [3.05, 3.63) is 46.5 Å². The van der Waals surface area contributed by atoms with E-state index in [1.54, 1.807) is 23.4 Å². The van der Waals surface area contributed by atoms with Gasteiger partial charge in [0.2, 0.25) is 0 Å². The molecule has 0 saturated heterocycles. The van der Waals surface area contributed by atoms with Crippen molar-refractivity contribution in [2.45, 2.75) is 13.1 Å². The number of hydrogen-bond acceptors (Lipinski definition) is 3. The molecule has 8 heteroatoms. The molecule has 0 atom stereocenters. The minimum atomic E-state index is -4.57. The Labute approximate surface area is 154 Å². The molecule has 0 aliphatic heterocycles. The van der Waals surface area contributed by atoms with Crippen LogP contribution in [0.15, 0.2) is 35.3 Å². The van der Waals surface area contributed by atoms with Crippen LogP contribution in [0.2, 0.25) is 5.02 Å². The van der Waals surface area contributed by atoms with E-state index in [2.05, 4.69) is 4.99 Å². The smallest absolute Gasteiger partial charge is 0.417 e. The first-order chi connectivity index (χ1) is 12.1. The maximum absolute atomic E-state index is 13.0. The summed E-state index contributed by atoms with van der Waals surface area (Å²) in [6, 6.07) is 6.68. The first kappa shape index (κ1) is 19.9. The lowest BCUT2D eigenvalue weighted by Gasteiger charge is -2.15. The van der Waals surface area contributed by atoms with Crippen LogP contribution in [0.4, 0.5) is 18.9 Å². The molecular formula is C18H18ClF3N2O2. The second-order valence-electron chi connectivity index (χ2n) is 5.74. The predicted octanol–water partition coefficient (Wildman–Crippen LogP) is 5.69. The Kier molecular flexibility index (Phi) is 6.02. The number of hydrogen-bond donors (Lipinski definition) is 0. The van der Waals surface area contributed by atoms with Crippen molar-refractivity contribution in [3.8, 4) is 17.2 Å². The molecule has 0 aliphatic carbocycles. The number of alkyl halides is 3. The van der Waals surface area contributed by atoms with Crippen molar-refractivity contribution in [2.24, 2.45) is 4.99 Å². The first-order valence-electron chi connectivity index (χ1n) is 7.55. The summed E-state index contributed by atoms with van der Waals surface area (Å²) in [6.45, 7) is 1.82. The molecule has 0 heterocycles.